The number of methoxy groups -OCH3 is 1. The van der Waals surface area contributed by atoms with Gasteiger partial charge in [0.1, 0.15) is 16.3 Å². The van der Waals surface area contributed by atoms with Gasteiger partial charge in [0.15, 0.2) is 29.1 Å². The van der Waals surface area contributed by atoms with E-state index in [2.05, 4.69) is 20.6 Å². The highest BCUT2D eigenvalue weighted by Crippen LogP contribution is 2.34. The number of amides is 1. The average Bonchev–Trinajstić information content (AvgIpc) is 3.37. The highest BCUT2D eigenvalue weighted by molar-refractivity contribution is 7.19. The number of nitrogens with zero attached hydrogens (tertiary/aromatic N) is 4. The van der Waals surface area contributed by atoms with Crippen molar-refractivity contribution in [2.24, 2.45) is 0 Å². The zero-order valence-electron chi connectivity index (χ0n) is 16.3. The van der Waals surface area contributed by atoms with E-state index in [1.807, 2.05) is 6.92 Å². The summed E-state index contributed by atoms with van der Waals surface area (Å²) in [6.45, 7) is 1.88. The highest BCUT2D eigenvalue weighted by atomic mass is 32.1. The zero-order valence-corrected chi connectivity index (χ0v) is 17.2. The first-order valence-electron chi connectivity index (χ1n) is 8.99. The number of ether oxygens (including phenoxy) is 1. The third kappa shape index (κ3) is 3.43. The summed E-state index contributed by atoms with van der Waals surface area (Å²) >= 11 is 1.20. The minimum Gasteiger partial charge on any atom is -0.495 e. The molecule has 0 saturated carbocycles. The Morgan fingerprint density at radius 1 is 1.06 bits per heavy atom. The summed E-state index contributed by atoms with van der Waals surface area (Å²) in [5.41, 5.74) is -1.20. The van der Waals surface area contributed by atoms with E-state index >= 15 is 0 Å². The van der Waals surface area contributed by atoms with Crippen molar-refractivity contribution in [3.63, 3.8) is 0 Å². The minimum atomic E-state index is -2.36. The van der Waals surface area contributed by atoms with Crippen LogP contribution in [0, 0.1) is 29.1 Å². The van der Waals surface area contributed by atoms with Crippen LogP contribution in [0.3, 0.4) is 0 Å². The molecule has 2 heterocycles. The fourth-order valence-electron chi connectivity index (χ4n) is 2.92. The monoisotopic (exact) mass is 469 g/mol. The van der Waals surface area contributed by atoms with Crippen molar-refractivity contribution in [3.8, 4) is 16.3 Å². The van der Waals surface area contributed by atoms with Crippen molar-refractivity contribution in [2.75, 3.05) is 12.4 Å². The van der Waals surface area contributed by atoms with E-state index in [4.69, 9.17) is 4.74 Å². The number of nitrogens with one attached hydrogen (secondary N) is 1. The van der Waals surface area contributed by atoms with Crippen molar-refractivity contribution in [1.29, 1.82) is 0 Å². The van der Waals surface area contributed by atoms with Crippen molar-refractivity contribution < 1.29 is 31.5 Å². The van der Waals surface area contributed by atoms with Crippen LogP contribution < -0.4 is 10.1 Å². The van der Waals surface area contributed by atoms with Crippen LogP contribution in [0.15, 0.2) is 18.2 Å². The average molecular weight is 469 g/mol. The summed E-state index contributed by atoms with van der Waals surface area (Å²) in [6.07, 6.45) is 0.593. The number of carbonyl (C=O) groups excluding carboxylic acids is 1. The second-order valence-electron chi connectivity index (χ2n) is 6.39. The molecule has 0 atom stereocenters. The third-order valence-electron chi connectivity index (χ3n) is 4.50. The molecule has 7 nitrogen and oxygen atoms in total. The predicted molar refractivity (Wildman–Crippen MR) is 104 cm³/mol. The molecule has 166 valence electrons. The first kappa shape index (κ1) is 21.6. The summed E-state index contributed by atoms with van der Waals surface area (Å²) in [7, 11) is 1.28. The molecule has 1 amide bonds. The number of anilines is 1. The van der Waals surface area contributed by atoms with E-state index < -0.39 is 40.6 Å². The van der Waals surface area contributed by atoms with Gasteiger partial charge in [-0.1, -0.05) is 18.3 Å². The van der Waals surface area contributed by atoms with Crippen LogP contribution in [-0.2, 0) is 6.42 Å². The summed E-state index contributed by atoms with van der Waals surface area (Å²) in [5, 5.41) is 15.0. The molecule has 0 unspecified atom stereocenters. The molecular formula is C19H12F5N5O2S. The van der Waals surface area contributed by atoms with Crippen LogP contribution in [0.2, 0.25) is 0 Å². The molecule has 0 aliphatic rings. The second kappa shape index (κ2) is 8.15. The zero-order chi connectivity index (χ0) is 23.2. The Hall–Kier alpha value is -3.61. The standard InChI is InChI=1S/C19H12F5N5O2S/c1-3-10-26-27-19-29(10)28-18(32-19)7-4-5-9(31-2)8(6-7)25-17(30)11-12(20)14(22)16(24)15(23)13(11)21/h4-6H,3H2,1-2H3,(H,25,30). The topological polar surface area (TPSA) is 81.4 Å². The third-order valence-corrected chi connectivity index (χ3v) is 5.45. The molecule has 0 spiro atoms. The number of hydrogen-bond acceptors (Lipinski definition) is 6. The number of carbonyl (C=O) groups is 1. The molecule has 0 aliphatic carbocycles. The quantitative estimate of drug-likeness (QED) is 0.267. The van der Waals surface area contributed by atoms with E-state index in [1.165, 1.54) is 30.6 Å². The number of hydrogen-bond donors (Lipinski definition) is 1. The van der Waals surface area contributed by atoms with Gasteiger partial charge in [-0.3, -0.25) is 4.79 Å². The summed E-state index contributed by atoms with van der Waals surface area (Å²) in [5.74, 6) is -12.1. The molecule has 4 aromatic rings. The lowest BCUT2D eigenvalue weighted by Gasteiger charge is -2.13. The predicted octanol–water partition coefficient (Wildman–Crippen LogP) is 4.37. The Morgan fingerprint density at radius 3 is 2.34 bits per heavy atom. The highest BCUT2D eigenvalue weighted by Gasteiger charge is 2.30. The Kier molecular flexibility index (Phi) is 5.50. The van der Waals surface area contributed by atoms with Crippen LogP contribution in [0.25, 0.3) is 15.5 Å². The number of halogens is 5. The van der Waals surface area contributed by atoms with Gasteiger partial charge in [-0.05, 0) is 18.2 Å². The molecule has 0 fully saturated rings. The molecular weight excluding hydrogens is 457 g/mol. The van der Waals surface area contributed by atoms with E-state index in [-0.39, 0.29) is 11.4 Å². The number of aromatic nitrogens is 4. The number of benzene rings is 2. The molecule has 0 saturated heterocycles. The van der Waals surface area contributed by atoms with Crippen LogP contribution >= 0.6 is 11.3 Å². The normalized spacial score (nSPS) is 11.2. The largest absolute Gasteiger partial charge is 0.495 e. The molecule has 0 radical (unpaired) electrons. The molecule has 32 heavy (non-hydrogen) atoms. The Balaban J connectivity index is 1.74. The SMILES string of the molecule is CCc1nnc2sc(-c3ccc(OC)c(NC(=O)c4c(F)c(F)c(F)c(F)c4F)c3)nn12. The minimum absolute atomic E-state index is 0.0689. The van der Waals surface area contributed by atoms with E-state index in [0.717, 1.165) is 0 Å². The van der Waals surface area contributed by atoms with Crippen molar-refractivity contribution >= 4 is 27.9 Å². The Morgan fingerprint density at radius 2 is 1.72 bits per heavy atom. The van der Waals surface area contributed by atoms with E-state index in [0.29, 0.717) is 27.8 Å². The maximum Gasteiger partial charge on any atom is 0.261 e. The van der Waals surface area contributed by atoms with Gasteiger partial charge in [-0.2, -0.15) is 9.61 Å². The molecule has 4 rings (SSSR count). The van der Waals surface area contributed by atoms with Crippen LogP contribution in [0.5, 0.6) is 5.75 Å². The summed E-state index contributed by atoms with van der Waals surface area (Å²) in [6, 6.07) is 4.46. The second-order valence-corrected chi connectivity index (χ2v) is 7.34. The molecule has 1 N–H and O–H groups in total. The fourth-order valence-corrected chi connectivity index (χ4v) is 3.78. The van der Waals surface area contributed by atoms with Crippen molar-refractivity contribution in [2.45, 2.75) is 13.3 Å². The van der Waals surface area contributed by atoms with Crippen molar-refractivity contribution in [3.05, 3.63) is 58.7 Å². The van der Waals surface area contributed by atoms with Crippen LogP contribution in [-0.4, -0.2) is 32.8 Å². The number of rotatable bonds is 5. The maximum absolute atomic E-state index is 14.0. The molecule has 13 heteroatoms. The molecule has 0 aliphatic heterocycles. The molecule has 0 bridgehead atoms. The fraction of sp³-hybridized carbons (Fsp3) is 0.158. The lowest BCUT2D eigenvalue weighted by atomic mass is 10.1. The number of fused-ring (bicyclic) bond motifs is 1. The van der Waals surface area contributed by atoms with Crippen LogP contribution in [0.4, 0.5) is 27.6 Å². The van der Waals surface area contributed by atoms with Gasteiger partial charge in [0.25, 0.3) is 5.91 Å². The van der Waals surface area contributed by atoms with Crippen LogP contribution in [0.1, 0.15) is 23.1 Å². The first-order valence-corrected chi connectivity index (χ1v) is 9.80. The maximum atomic E-state index is 14.0. The Labute approximate surface area is 180 Å². The van der Waals surface area contributed by atoms with Gasteiger partial charge >= 0.3 is 0 Å². The van der Waals surface area contributed by atoms with E-state index in [1.54, 1.807) is 10.6 Å². The molecule has 2 aromatic carbocycles. The Bertz CT molecular complexity index is 1340. The van der Waals surface area contributed by atoms with Gasteiger partial charge in [-0.25, -0.2) is 22.0 Å². The first-order chi connectivity index (χ1) is 15.3. The lowest BCUT2D eigenvalue weighted by Crippen LogP contribution is -2.19. The van der Waals surface area contributed by atoms with Gasteiger partial charge < -0.3 is 10.1 Å². The lowest BCUT2D eigenvalue weighted by molar-refractivity contribution is 0.101. The summed E-state index contributed by atoms with van der Waals surface area (Å²) < 4.78 is 74.9. The van der Waals surface area contributed by atoms with Gasteiger partial charge in [0, 0.05) is 12.0 Å². The molecule has 2 aromatic heterocycles. The summed E-state index contributed by atoms with van der Waals surface area (Å²) in [4.78, 5) is 13.0. The van der Waals surface area contributed by atoms with Gasteiger partial charge in [0.05, 0.1) is 12.8 Å². The number of aryl methyl sites for hydroxylation is 1. The smallest absolute Gasteiger partial charge is 0.261 e. The van der Waals surface area contributed by atoms with Crippen molar-refractivity contribution in [1.82, 2.24) is 19.8 Å². The van der Waals surface area contributed by atoms with E-state index in [9.17, 15) is 26.7 Å². The van der Waals surface area contributed by atoms with Gasteiger partial charge in [0.2, 0.25) is 10.8 Å². The van der Waals surface area contributed by atoms with Gasteiger partial charge in [-0.15, -0.1) is 10.2 Å².